The van der Waals surface area contributed by atoms with Crippen LogP contribution in [0.25, 0.3) is 0 Å². The Hall–Kier alpha value is -0.930. The van der Waals surface area contributed by atoms with Crippen LogP contribution in [0.2, 0.25) is 5.02 Å². The fourth-order valence-corrected chi connectivity index (χ4v) is 1.28. The van der Waals surface area contributed by atoms with E-state index in [4.69, 9.17) is 17.3 Å². The van der Waals surface area contributed by atoms with Crippen molar-refractivity contribution in [2.24, 2.45) is 5.73 Å². The zero-order chi connectivity index (χ0) is 10.6. The molecule has 0 aliphatic carbocycles. The molecule has 0 fully saturated rings. The minimum Gasteiger partial charge on any atom is -0.330 e. The summed E-state index contributed by atoms with van der Waals surface area (Å²) in [5.74, 6) is -0.785. The normalized spacial score (nSPS) is 10.2. The lowest BCUT2D eigenvalue weighted by Crippen LogP contribution is -2.06. The van der Waals surface area contributed by atoms with E-state index in [1.54, 1.807) is 0 Å². The lowest BCUT2D eigenvalue weighted by Gasteiger charge is -2.02. The van der Waals surface area contributed by atoms with Crippen LogP contribution < -0.4 is 5.73 Å². The molecule has 0 heterocycles. The number of hydrogen-bond acceptors (Lipinski definition) is 2. The van der Waals surface area contributed by atoms with Crippen molar-refractivity contribution < 1.29 is 9.18 Å². The molecular formula is C10H11ClFNO. The summed E-state index contributed by atoms with van der Waals surface area (Å²) in [5.41, 5.74) is 5.30. The van der Waals surface area contributed by atoms with Crippen LogP contribution in [0.15, 0.2) is 18.2 Å². The number of ketones is 1. The van der Waals surface area contributed by atoms with Crippen LogP contribution in [-0.4, -0.2) is 12.3 Å². The molecule has 0 spiro atoms. The van der Waals surface area contributed by atoms with Gasteiger partial charge in [0.15, 0.2) is 5.78 Å². The molecule has 0 saturated heterocycles. The first-order chi connectivity index (χ1) is 6.65. The van der Waals surface area contributed by atoms with Crippen LogP contribution in [-0.2, 0) is 0 Å². The minimum absolute atomic E-state index is 0.0472. The van der Waals surface area contributed by atoms with Crippen LogP contribution in [0.1, 0.15) is 23.2 Å². The van der Waals surface area contributed by atoms with Gasteiger partial charge in [0.1, 0.15) is 5.82 Å². The van der Waals surface area contributed by atoms with E-state index in [1.165, 1.54) is 18.2 Å². The zero-order valence-electron chi connectivity index (χ0n) is 7.59. The molecule has 0 amide bonds. The third-order valence-corrected chi connectivity index (χ3v) is 2.07. The highest BCUT2D eigenvalue weighted by atomic mass is 35.5. The molecule has 1 rings (SSSR count). The molecule has 14 heavy (non-hydrogen) atoms. The maximum absolute atomic E-state index is 13.1. The maximum Gasteiger partial charge on any atom is 0.165 e. The van der Waals surface area contributed by atoms with Crippen molar-refractivity contribution in [2.45, 2.75) is 12.8 Å². The van der Waals surface area contributed by atoms with Gasteiger partial charge in [-0.15, -0.1) is 0 Å². The molecule has 0 saturated carbocycles. The molecule has 1 aromatic carbocycles. The van der Waals surface area contributed by atoms with Crippen LogP contribution in [0.3, 0.4) is 0 Å². The van der Waals surface area contributed by atoms with Crippen molar-refractivity contribution in [3.63, 3.8) is 0 Å². The van der Waals surface area contributed by atoms with Gasteiger partial charge in [-0.05, 0) is 31.2 Å². The summed E-state index contributed by atoms with van der Waals surface area (Å²) in [6.07, 6.45) is 0.818. The Kier molecular flexibility index (Phi) is 4.04. The summed E-state index contributed by atoms with van der Waals surface area (Å²) in [6.45, 7) is 0.425. The summed E-state index contributed by atoms with van der Waals surface area (Å²) in [5, 5.41) is 0.363. The monoisotopic (exact) mass is 215 g/mol. The van der Waals surface area contributed by atoms with E-state index in [2.05, 4.69) is 0 Å². The molecule has 0 bridgehead atoms. The summed E-state index contributed by atoms with van der Waals surface area (Å²) in [7, 11) is 0. The van der Waals surface area contributed by atoms with Crippen molar-refractivity contribution in [1.29, 1.82) is 0 Å². The Morgan fingerprint density at radius 2 is 2.21 bits per heavy atom. The third-order valence-electron chi connectivity index (χ3n) is 1.84. The number of halogens is 2. The van der Waals surface area contributed by atoms with Crippen LogP contribution in [0.4, 0.5) is 4.39 Å². The number of rotatable bonds is 4. The van der Waals surface area contributed by atoms with E-state index in [9.17, 15) is 9.18 Å². The van der Waals surface area contributed by atoms with Gasteiger partial charge in [-0.25, -0.2) is 4.39 Å². The second kappa shape index (κ2) is 5.08. The summed E-state index contributed by atoms with van der Waals surface area (Å²) >= 11 is 5.65. The Labute approximate surface area is 86.9 Å². The second-order valence-electron chi connectivity index (χ2n) is 2.94. The van der Waals surface area contributed by atoms with Crippen molar-refractivity contribution >= 4 is 17.4 Å². The molecule has 0 aliphatic heterocycles. The van der Waals surface area contributed by atoms with E-state index in [0.717, 1.165) is 0 Å². The molecule has 0 aromatic heterocycles. The maximum atomic E-state index is 13.1. The first kappa shape index (κ1) is 11.1. The lowest BCUT2D eigenvalue weighted by atomic mass is 10.1. The lowest BCUT2D eigenvalue weighted by molar-refractivity contribution is 0.0977. The van der Waals surface area contributed by atoms with E-state index in [1.807, 2.05) is 0 Å². The quantitative estimate of drug-likeness (QED) is 0.784. The van der Waals surface area contributed by atoms with Crippen LogP contribution in [0, 0.1) is 5.82 Å². The number of Topliss-reactive ketones (excluding diaryl/α,β-unsaturated/α-hetero) is 1. The first-order valence-electron chi connectivity index (χ1n) is 4.33. The molecule has 2 nitrogen and oxygen atoms in total. The molecule has 0 unspecified atom stereocenters. The largest absolute Gasteiger partial charge is 0.330 e. The standard InChI is InChI=1S/C10H11ClFNO/c11-7-3-4-9(12)8(6-7)10(14)2-1-5-13/h3-4,6H,1-2,5,13H2. The number of carbonyl (C=O) groups excluding carboxylic acids is 1. The highest BCUT2D eigenvalue weighted by Gasteiger charge is 2.11. The van der Waals surface area contributed by atoms with Crippen LogP contribution >= 0.6 is 11.6 Å². The van der Waals surface area contributed by atoms with Crippen molar-refractivity contribution in [1.82, 2.24) is 0 Å². The van der Waals surface area contributed by atoms with Gasteiger partial charge in [0.2, 0.25) is 0 Å². The van der Waals surface area contributed by atoms with Crippen LogP contribution in [0.5, 0.6) is 0 Å². The predicted molar refractivity (Wildman–Crippen MR) is 54.0 cm³/mol. The van der Waals surface area contributed by atoms with Gasteiger partial charge in [-0.2, -0.15) is 0 Å². The van der Waals surface area contributed by atoms with E-state index >= 15 is 0 Å². The van der Waals surface area contributed by atoms with Gasteiger partial charge >= 0.3 is 0 Å². The summed E-state index contributed by atoms with van der Waals surface area (Å²) < 4.78 is 13.1. The van der Waals surface area contributed by atoms with E-state index in [0.29, 0.717) is 18.0 Å². The Balaban J connectivity index is 2.83. The molecular weight excluding hydrogens is 205 g/mol. The van der Waals surface area contributed by atoms with Gasteiger partial charge in [0.25, 0.3) is 0 Å². The zero-order valence-corrected chi connectivity index (χ0v) is 8.35. The topological polar surface area (TPSA) is 43.1 Å². The Morgan fingerprint density at radius 3 is 2.86 bits per heavy atom. The second-order valence-corrected chi connectivity index (χ2v) is 3.38. The third kappa shape index (κ3) is 2.79. The van der Waals surface area contributed by atoms with Crippen molar-refractivity contribution in [3.8, 4) is 0 Å². The fourth-order valence-electron chi connectivity index (χ4n) is 1.11. The molecule has 0 atom stereocenters. The molecule has 0 aliphatic rings. The van der Waals surface area contributed by atoms with Gasteiger partial charge in [0, 0.05) is 11.4 Å². The first-order valence-corrected chi connectivity index (χ1v) is 4.71. The number of benzene rings is 1. The molecule has 2 N–H and O–H groups in total. The highest BCUT2D eigenvalue weighted by molar-refractivity contribution is 6.31. The summed E-state index contributed by atoms with van der Waals surface area (Å²) in [6, 6.07) is 3.95. The molecule has 76 valence electrons. The summed E-state index contributed by atoms with van der Waals surface area (Å²) in [4.78, 5) is 11.4. The van der Waals surface area contributed by atoms with Gasteiger partial charge in [-0.3, -0.25) is 4.79 Å². The SMILES string of the molecule is NCCCC(=O)c1cc(Cl)ccc1F. The minimum atomic E-state index is -0.531. The molecule has 4 heteroatoms. The fraction of sp³-hybridized carbons (Fsp3) is 0.300. The van der Waals surface area contributed by atoms with E-state index in [-0.39, 0.29) is 17.8 Å². The van der Waals surface area contributed by atoms with Gasteiger partial charge in [-0.1, -0.05) is 11.6 Å². The average Bonchev–Trinajstić information content (AvgIpc) is 2.18. The molecule has 1 aromatic rings. The van der Waals surface area contributed by atoms with Gasteiger partial charge < -0.3 is 5.73 Å². The number of hydrogen-bond donors (Lipinski definition) is 1. The van der Waals surface area contributed by atoms with Crippen molar-refractivity contribution in [3.05, 3.63) is 34.6 Å². The average molecular weight is 216 g/mol. The Bertz CT molecular complexity index is 341. The molecule has 0 radical (unpaired) electrons. The van der Waals surface area contributed by atoms with Crippen molar-refractivity contribution in [2.75, 3.05) is 6.54 Å². The smallest absolute Gasteiger partial charge is 0.165 e. The number of nitrogens with two attached hydrogens (primary N) is 1. The van der Waals surface area contributed by atoms with E-state index < -0.39 is 5.82 Å². The Morgan fingerprint density at radius 1 is 1.50 bits per heavy atom. The number of carbonyl (C=O) groups is 1. The predicted octanol–water partition coefficient (Wildman–Crippen LogP) is 2.40. The van der Waals surface area contributed by atoms with Gasteiger partial charge in [0.05, 0.1) is 5.56 Å². The highest BCUT2D eigenvalue weighted by Crippen LogP contribution is 2.16.